The van der Waals surface area contributed by atoms with E-state index < -0.39 is 19.0 Å². The molecule has 1 N–H and O–H groups in total. The van der Waals surface area contributed by atoms with Crippen LogP contribution in [0.1, 0.15) is 48.3 Å². The van der Waals surface area contributed by atoms with Crippen molar-refractivity contribution < 1.29 is 28.2 Å². The van der Waals surface area contributed by atoms with Gasteiger partial charge in [-0.05, 0) is 55.0 Å². The molecule has 2 aliphatic rings. The predicted octanol–water partition coefficient (Wildman–Crippen LogP) is 4.31. The third-order valence-electron chi connectivity index (χ3n) is 5.97. The Kier molecular flexibility index (Phi) is 6.15. The highest BCUT2D eigenvalue weighted by Gasteiger charge is 2.38. The summed E-state index contributed by atoms with van der Waals surface area (Å²) in [6, 6.07) is 7.30. The molecule has 3 atom stereocenters. The molecule has 31 heavy (non-hydrogen) atoms. The molecule has 1 fully saturated rings. The number of halogens is 2. The number of carboxylic acids is 1. The molecule has 8 heteroatoms. The molecule has 6 nitrogen and oxygen atoms in total. The van der Waals surface area contributed by atoms with Crippen LogP contribution in [0.4, 0.5) is 8.78 Å². The normalized spacial score (nSPS) is 22.3. The molecule has 2 aromatic rings. The molecule has 2 heterocycles. The highest BCUT2D eigenvalue weighted by molar-refractivity contribution is 6.14. The van der Waals surface area contributed by atoms with E-state index >= 15 is 0 Å². The number of fused-ring (bicyclic) bond motifs is 3. The smallest absolute Gasteiger partial charge is 0.303 e. The van der Waals surface area contributed by atoms with Crippen LogP contribution >= 0.6 is 0 Å². The van der Waals surface area contributed by atoms with Crippen molar-refractivity contribution in [2.45, 2.75) is 44.1 Å². The second-order valence-corrected chi connectivity index (χ2v) is 7.96. The third kappa shape index (κ3) is 4.52. The number of aromatic nitrogens is 1. The molecule has 1 aromatic heterocycles. The minimum absolute atomic E-state index is 0.00618. The highest BCUT2D eigenvalue weighted by atomic mass is 19.3. The fraction of sp³-hybridized carbons (Fsp3) is 0.435. The average Bonchev–Trinajstić information content (AvgIpc) is 2.76. The second kappa shape index (κ2) is 8.99. The van der Waals surface area contributed by atoms with Crippen LogP contribution < -0.4 is 9.47 Å². The largest absolute Gasteiger partial charge is 0.493 e. The van der Waals surface area contributed by atoms with Gasteiger partial charge in [0.1, 0.15) is 6.61 Å². The van der Waals surface area contributed by atoms with Crippen molar-refractivity contribution in [1.82, 2.24) is 4.98 Å². The molecule has 0 bridgehead atoms. The van der Waals surface area contributed by atoms with Crippen molar-refractivity contribution in [3.8, 4) is 11.5 Å². The standard InChI is InChI=1S/C23H24F2N2O4/c1-30-19-10-17-15(9-20(19)31-12-21(24)25)16-7-13(8-22(28)29)4-5-18(16)27-23(17)14-3-2-6-26-11-14/h2-3,6,9-11,13,16,18,21H,4-5,7-8,12H2,1H3,(H,28,29). The molecule has 0 saturated heterocycles. The molecular formula is C23H24F2N2O4. The lowest BCUT2D eigenvalue weighted by molar-refractivity contribution is -0.138. The van der Waals surface area contributed by atoms with Crippen LogP contribution in [0.2, 0.25) is 0 Å². The molecule has 0 radical (unpaired) electrons. The van der Waals surface area contributed by atoms with E-state index in [0.717, 1.165) is 35.2 Å². The van der Waals surface area contributed by atoms with E-state index in [1.807, 2.05) is 12.1 Å². The maximum atomic E-state index is 12.8. The van der Waals surface area contributed by atoms with E-state index in [9.17, 15) is 18.7 Å². The fourth-order valence-corrected chi connectivity index (χ4v) is 4.64. The Morgan fingerprint density at radius 1 is 1.29 bits per heavy atom. The lowest BCUT2D eigenvalue weighted by Crippen LogP contribution is -2.33. The molecular weight excluding hydrogens is 406 g/mol. The van der Waals surface area contributed by atoms with Crippen molar-refractivity contribution in [2.75, 3.05) is 13.7 Å². The van der Waals surface area contributed by atoms with Crippen molar-refractivity contribution in [3.05, 3.63) is 53.3 Å². The Morgan fingerprint density at radius 3 is 2.81 bits per heavy atom. The van der Waals surface area contributed by atoms with Gasteiger partial charge in [0.15, 0.2) is 11.5 Å². The van der Waals surface area contributed by atoms with E-state index in [2.05, 4.69) is 4.98 Å². The van der Waals surface area contributed by atoms with Gasteiger partial charge in [-0.3, -0.25) is 14.8 Å². The zero-order valence-corrected chi connectivity index (χ0v) is 17.1. The minimum atomic E-state index is -2.60. The van der Waals surface area contributed by atoms with Crippen LogP contribution in [-0.4, -0.2) is 48.0 Å². The van der Waals surface area contributed by atoms with Gasteiger partial charge in [-0.25, -0.2) is 8.78 Å². The first-order valence-corrected chi connectivity index (χ1v) is 10.3. The molecule has 3 unspecified atom stereocenters. The van der Waals surface area contributed by atoms with Crippen LogP contribution in [0.15, 0.2) is 41.7 Å². The molecule has 0 amide bonds. The van der Waals surface area contributed by atoms with Crippen LogP contribution in [0.3, 0.4) is 0 Å². The number of benzene rings is 1. The van der Waals surface area contributed by atoms with E-state index in [1.165, 1.54) is 7.11 Å². The van der Waals surface area contributed by atoms with Gasteiger partial charge in [0.25, 0.3) is 6.43 Å². The summed E-state index contributed by atoms with van der Waals surface area (Å²) in [5, 5.41) is 9.24. The summed E-state index contributed by atoms with van der Waals surface area (Å²) < 4.78 is 36.3. The summed E-state index contributed by atoms with van der Waals surface area (Å²) in [4.78, 5) is 20.5. The van der Waals surface area contributed by atoms with E-state index in [1.54, 1.807) is 24.5 Å². The number of methoxy groups -OCH3 is 1. The van der Waals surface area contributed by atoms with Crippen molar-refractivity contribution in [3.63, 3.8) is 0 Å². The van der Waals surface area contributed by atoms with Crippen LogP contribution in [0, 0.1) is 5.92 Å². The van der Waals surface area contributed by atoms with E-state index in [0.29, 0.717) is 12.2 Å². The summed E-state index contributed by atoms with van der Waals surface area (Å²) in [5.74, 6) is -0.155. The quantitative estimate of drug-likeness (QED) is 0.708. The Morgan fingerprint density at radius 2 is 2.13 bits per heavy atom. The lowest BCUT2D eigenvalue weighted by Gasteiger charge is -2.38. The Labute approximate surface area is 178 Å². The number of hydrogen-bond acceptors (Lipinski definition) is 5. The van der Waals surface area contributed by atoms with Crippen LogP contribution in [0.25, 0.3) is 0 Å². The Bertz CT molecular complexity index is 981. The molecule has 164 valence electrons. The second-order valence-electron chi connectivity index (χ2n) is 7.96. The first-order chi connectivity index (χ1) is 15.0. The lowest BCUT2D eigenvalue weighted by atomic mass is 9.70. The molecule has 1 saturated carbocycles. The first-order valence-electron chi connectivity index (χ1n) is 10.3. The summed E-state index contributed by atoms with van der Waals surface area (Å²) in [7, 11) is 1.47. The third-order valence-corrected chi connectivity index (χ3v) is 5.97. The van der Waals surface area contributed by atoms with Gasteiger partial charge in [0, 0.05) is 35.9 Å². The average molecular weight is 430 g/mol. The van der Waals surface area contributed by atoms with Gasteiger partial charge in [-0.15, -0.1) is 0 Å². The number of carboxylic acid groups (broad SMARTS) is 1. The predicted molar refractivity (Wildman–Crippen MR) is 110 cm³/mol. The number of alkyl halides is 2. The summed E-state index contributed by atoms with van der Waals surface area (Å²) in [5.41, 5.74) is 3.41. The monoisotopic (exact) mass is 430 g/mol. The van der Waals surface area contributed by atoms with E-state index in [4.69, 9.17) is 14.5 Å². The van der Waals surface area contributed by atoms with Crippen molar-refractivity contribution in [2.24, 2.45) is 10.9 Å². The summed E-state index contributed by atoms with van der Waals surface area (Å²) in [6.45, 7) is -0.728. The number of aliphatic carboxylic acids is 1. The number of rotatable bonds is 7. The minimum Gasteiger partial charge on any atom is -0.493 e. The van der Waals surface area contributed by atoms with Gasteiger partial charge < -0.3 is 14.6 Å². The van der Waals surface area contributed by atoms with Crippen molar-refractivity contribution in [1.29, 1.82) is 0 Å². The molecule has 1 aromatic carbocycles. The molecule has 1 aliphatic heterocycles. The van der Waals surface area contributed by atoms with Gasteiger partial charge in [0.05, 0.1) is 18.9 Å². The number of aliphatic imine (C=N–C) groups is 1. The zero-order valence-electron chi connectivity index (χ0n) is 17.1. The Balaban J connectivity index is 1.79. The summed E-state index contributed by atoms with van der Waals surface area (Å²) in [6.07, 6.45) is 3.18. The van der Waals surface area contributed by atoms with Gasteiger partial charge in [-0.2, -0.15) is 0 Å². The number of pyridine rings is 1. The van der Waals surface area contributed by atoms with Gasteiger partial charge >= 0.3 is 5.97 Å². The topological polar surface area (TPSA) is 81.0 Å². The molecule has 0 spiro atoms. The van der Waals surface area contributed by atoms with E-state index in [-0.39, 0.29) is 30.0 Å². The fourth-order valence-electron chi connectivity index (χ4n) is 4.64. The maximum absolute atomic E-state index is 12.8. The molecule has 4 rings (SSSR count). The van der Waals surface area contributed by atoms with Crippen LogP contribution in [-0.2, 0) is 4.79 Å². The number of ether oxygens (including phenoxy) is 2. The SMILES string of the molecule is COc1cc2c(cc1OCC(F)F)C1CC(CC(=O)O)CCC1N=C2c1cccnc1. The first kappa shape index (κ1) is 21.2. The number of hydrogen-bond donors (Lipinski definition) is 1. The number of nitrogens with zero attached hydrogens (tertiary/aromatic N) is 2. The van der Waals surface area contributed by atoms with Crippen LogP contribution in [0.5, 0.6) is 11.5 Å². The Hall–Kier alpha value is -3.03. The van der Waals surface area contributed by atoms with Gasteiger partial charge in [0.2, 0.25) is 0 Å². The molecule has 1 aliphatic carbocycles. The number of carbonyl (C=O) groups is 1. The van der Waals surface area contributed by atoms with Crippen molar-refractivity contribution >= 4 is 11.7 Å². The zero-order chi connectivity index (χ0) is 22.0. The highest BCUT2D eigenvalue weighted by Crippen LogP contribution is 2.47. The summed E-state index contributed by atoms with van der Waals surface area (Å²) >= 11 is 0. The maximum Gasteiger partial charge on any atom is 0.303 e. The van der Waals surface area contributed by atoms with Gasteiger partial charge in [-0.1, -0.05) is 0 Å².